The van der Waals surface area contributed by atoms with Gasteiger partial charge < -0.3 is 9.73 Å². The molecule has 0 saturated heterocycles. The number of benzene rings is 2. The molecule has 0 aliphatic carbocycles. The van der Waals surface area contributed by atoms with E-state index >= 15 is 0 Å². The zero-order valence-corrected chi connectivity index (χ0v) is 11.6. The van der Waals surface area contributed by atoms with Crippen molar-refractivity contribution in [3.8, 4) is 0 Å². The number of aromatic nitrogens is 1. The number of anilines is 1. The Kier molecular flexibility index (Phi) is 3.74. The Labute approximate surface area is 124 Å². The van der Waals surface area contributed by atoms with Gasteiger partial charge in [-0.3, -0.25) is 9.78 Å². The van der Waals surface area contributed by atoms with E-state index < -0.39 is 5.76 Å². The summed E-state index contributed by atoms with van der Waals surface area (Å²) >= 11 is 0. The first kappa shape index (κ1) is 14.1. The largest absolute Gasteiger partial charge is 0.417 e. The SMILES string of the molecule is O=C(CCc1cccc(F)c1)Nc1ccc2oc(=O)[nH]c2c1. The van der Waals surface area contributed by atoms with Gasteiger partial charge in [0.2, 0.25) is 5.91 Å². The van der Waals surface area contributed by atoms with Gasteiger partial charge in [0.15, 0.2) is 5.58 Å². The van der Waals surface area contributed by atoms with Crippen LogP contribution in [0.5, 0.6) is 0 Å². The number of carbonyl (C=O) groups is 1. The van der Waals surface area contributed by atoms with Crippen molar-refractivity contribution in [1.82, 2.24) is 4.98 Å². The van der Waals surface area contributed by atoms with Gasteiger partial charge in [-0.05, 0) is 42.3 Å². The van der Waals surface area contributed by atoms with E-state index in [0.717, 1.165) is 5.56 Å². The lowest BCUT2D eigenvalue weighted by Crippen LogP contribution is -2.12. The number of H-pyrrole nitrogens is 1. The summed E-state index contributed by atoms with van der Waals surface area (Å²) in [6, 6.07) is 11.1. The number of aromatic amines is 1. The first-order valence-corrected chi connectivity index (χ1v) is 6.77. The Hall–Kier alpha value is -2.89. The Balaban J connectivity index is 1.64. The molecule has 2 aromatic carbocycles. The highest BCUT2D eigenvalue weighted by Crippen LogP contribution is 2.16. The number of oxazole rings is 1. The molecular formula is C16H13FN2O3. The maximum Gasteiger partial charge on any atom is 0.417 e. The van der Waals surface area contributed by atoms with Crippen molar-refractivity contribution in [3.05, 3.63) is 64.4 Å². The quantitative estimate of drug-likeness (QED) is 0.778. The molecule has 1 aromatic heterocycles. The van der Waals surface area contributed by atoms with E-state index in [-0.39, 0.29) is 18.1 Å². The highest BCUT2D eigenvalue weighted by Gasteiger charge is 2.06. The minimum absolute atomic E-state index is 0.186. The van der Waals surface area contributed by atoms with Crippen LogP contribution in [0.3, 0.4) is 0 Å². The van der Waals surface area contributed by atoms with Crippen LogP contribution in [-0.4, -0.2) is 10.9 Å². The van der Waals surface area contributed by atoms with Gasteiger partial charge in [-0.15, -0.1) is 0 Å². The summed E-state index contributed by atoms with van der Waals surface area (Å²) < 4.78 is 17.9. The molecule has 0 spiro atoms. The monoisotopic (exact) mass is 300 g/mol. The molecule has 22 heavy (non-hydrogen) atoms. The van der Waals surface area contributed by atoms with Crippen molar-refractivity contribution in [1.29, 1.82) is 0 Å². The van der Waals surface area contributed by atoms with Gasteiger partial charge in [0.25, 0.3) is 0 Å². The third-order valence-corrected chi connectivity index (χ3v) is 3.23. The maximum atomic E-state index is 13.1. The van der Waals surface area contributed by atoms with Gasteiger partial charge in [-0.2, -0.15) is 0 Å². The van der Waals surface area contributed by atoms with Crippen molar-refractivity contribution in [2.24, 2.45) is 0 Å². The normalized spacial score (nSPS) is 10.8. The lowest BCUT2D eigenvalue weighted by atomic mass is 10.1. The van der Waals surface area contributed by atoms with Crippen LogP contribution in [0.1, 0.15) is 12.0 Å². The fourth-order valence-corrected chi connectivity index (χ4v) is 2.20. The van der Waals surface area contributed by atoms with E-state index in [1.165, 1.54) is 12.1 Å². The van der Waals surface area contributed by atoms with Crippen LogP contribution < -0.4 is 11.1 Å². The predicted octanol–water partition coefficient (Wildman–Crippen LogP) is 2.83. The molecule has 3 aromatic rings. The Morgan fingerprint density at radius 3 is 2.91 bits per heavy atom. The number of hydrogen-bond acceptors (Lipinski definition) is 3. The van der Waals surface area contributed by atoms with E-state index in [9.17, 15) is 14.0 Å². The number of fused-ring (bicyclic) bond motifs is 1. The molecular weight excluding hydrogens is 287 g/mol. The average molecular weight is 300 g/mol. The molecule has 0 bridgehead atoms. The molecule has 0 aliphatic heterocycles. The molecule has 6 heteroatoms. The number of aryl methyl sites for hydroxylation is 1. The minimum atomic E-state index is -0.537. The highest BCUT2D eigenvalue weighted by molar-refractivity contribution is 5.92. The van der Waals surface area contributed by atoms with Gasteiger partial charge >= 0.3 is 5.76 Å². The van der Waals surface area contributed by atoms with Gasteiger partial charge in [-0.25, -0.2) is 9.18 Å². The summed E-state index contributed by atoms with van der Waals surface area (Å²) in [5, 5.41) is 2.73. The van der Waals surface area contributed by atoms with E-state index in [1.807, 2.05) is 0 Å². The topological polar surface area (TPSA) is 75.1 Å². The number of carbonyl (C=O) groups excluding carboxylic acids is 1. The molecule has 1 heterocycles. The lowest BCUT2D eigenvalue weighted by Gasteiger charge is -2.05. The summed E-state index contributed by atoms with van der Waals surface area (Å²) in [4.78, 5) is 25.5. The fourth-order valence-electron chi connectivity index (χ4n) is 2.20. The molecule has 0 unspecified atom stereocenters. The second-order valence-corrected chi connectivity index (χ2v) is 4.90. The van der Waals surface area contributed by atoms with E-state index in [2.05, 4.69) is 10.3 Å². The van der Waals surface area contributed by atoms with Gasteiger partial charge in [0.05, 0.1) is 5.52 Å². The molecule has 2 N–H and O–H groups in total. The van der Waals surface area contributed by atoms with Crippen LogP contribution in [0.2, 0.25) is 0 Å². The van der Waals surface area contributed by atoms with Crippen LogP contribution in [0, 0.1) is 5.82 Å². The second kappa shape index (κ2) is 5.85. The molecule has 3 rings (SSSR count). The molecule has 112 valence electrons. The zero-order chi connectivity index (χ0) is 15.5. The summed E-state index contributed by atoms with van der Waals surface area (Å²) in [5.74, 6) is -1.04. The Morgan fingerprint density at radius 2 is 2.09 bits per heavy atom. The minimum Gasteiger partial charge on any atom is -0.408 e. The second-order valence-electron chi connectivity index (χ2n) is 4.90. The summed E-state index contributed by atoms with van der Waals surface area (Å²) in [7, 11) is 0. The number of rotatable bonds is 4. The number of amides is 1. The lowest BCUT2D eigenvalue weighted by molar-refractivity contribution is -0.116. The highest BCUT2D eigenvalue weighted by atomic mass is 19.1. The predicted molar refractivity (Wildman–Crippen MR) is 80.2 cm³/mol. The van der Waals surface area contributed by atoms with Crippen molar-refractivity contribution >= 4 is 22.7 Å². The maximum absolute atomic E-state index is 13.1. The van der Waals surface area contributed by atoms with Gasteiger partial charge in [0, 0.05) is 12.1 Å². The van der Waals surface area contributed by atoms with Gasteiger partial charge in [-0.1, -0.05) is 12.1 Å². The standard InChI is InChI=1S/C16H13FN2O3/c17-11-3-1-2-10(8-11)4-7-15(20)18-12-5-6-14-13(9-12)19-16(21)22-14/h1-3,5-6,8-9H,4,7H2,(H,18,20)(H,19,21). The Bertz CT molecular complexity index is 882. The average Bonchev–Trinajstić information content (AvgIpc) is 2.84. The molecule has 0 atom stereocenters. The molecule has 5 nitrogen and oxygen atoms in total. The number of nitrogens with one attached hydrogen (secondary N) is 2. The molecule has 0 radical (unpaired) electrons. The van der Waals surface area contributed by atoms with E-state index in [0.29, 0.717) is 23.2 Å². The number of halogens is 1. The van der Waals surface area contributed by atoms with Crippen LogP contribution in [0.25, 0.3) is 11.1 Å². The number of hydrogen-bond donors (Lipinski definition) is 2. The third-order valence-electron chi connectivity index (χ3n) is 3.23. The summed E-state index contributed by atoms with van der Waals surface area (Å²) in [5.41, 5.74) is 2.29. The molecule has 0 saturated carbocycles. The van der Waals surface area contributed by atoms with Crippen molar-refractivity contribution < 1.29 is 13.6 Å². The van der Waals surface area contributed by atoms with Crippen LogP contribution in [0.15, 0.2) is 51.7 Å². The smallest absolute Gasteiger partial charge is 0.408 e. The summed E-state index contributed by atoms with van der Waals surface area (Å²) in [6.45, 7) is 0. The Morgan fingerprint density at radius 1 is 1.23 bits per heavy atom. The summed E-state index contributed by atoms with van der Waals surface area (Å²) in [6.07, 6.45) is 0.692. The van der Waals surface area contributed by atoms with Crippen LogP contribution >= 0.6 is 0 Å². The third kappa shape index (κ3) is 3.22. The molecule has 1 amide bonds. The van der Waals surface area contributed by atoms with Gasteiger partial charge in [0.1, 0.15) is 5.82 Å². The van der Waals surface area contributed by atoms with Crippen molar-refractivity contribution in [2.45, 2.75) is 12.8 Å². The molecule has 0 aliphatic rings. The van der Waals surface area contributed by atoms with E-state index in [4.69, 9.17) is 4.42 Å². The van der Waals surface area contributed by atoms with E-state index in [1.54, 1.807) is 30.3 Å². The van der Waals surface area contributed by atoms with Crippen LogP contribution in [0.4, 0.5) is 10.1 Å². The molecule has 0 fully saturated rings. The zero-order valence-electron chi connectivity index (χ0n) is 11.6. The first-order valence-electron chi connectivity index (χ1n) is 6.77. The van der Waals surface area contributed by atoms with Crippen LogP contribution in [-0.2, 0) is 11.2 Å². The van der Waals surface area contributed by atoms with Crippen molar-refractivity contribution in [3.63, 3.8) is 0 Å². The fraction of sp³-hybridized carbons (Fsp3) is 0.125. The van der Waals surface area contributed by atoms with Crippen molar-refractivity contribution in [2.75, 3.05) is 5.32 Å². The first-order chi connectivity index (χ1) is 10.6.